The van der Waals surface area contributed by atoms with E-state index >= 15 is 0 Å². The van der Waals surface area contributed by atoms with Crippen molar-refractivity contribution in [3.8, 4) is 5.75 Å². The number of methoxy groups -OCH3 is 1. The van der Waals surface area contributed by atoms with Gasteiger partial charge in [0.1, 0.15) is 11.6 Å². The highest BCUT2D eigenvalue weighted by Crippen LogP contribution is 2.21. The van der Waals surface area contributed by atoms with Crippen molar-refractivity contribution in [1.29, 1.82) is 0 Å². The van der Waals surface area contributed by atoms with Crippen molar-refractivity contribution in [2.75, 3.05) is 12.4 Å². The predicted molar refractivity (Wildman–Crippen MR) is 94.4 cm³/mol. The van der Waals surface area contributed by atoms with E-state index in [0.717, 1.165) is 23.6 Å². The van der Waals surface area contributed by atoms with Crippen LogP contribution in [0, 0.1) is 5.82 Å². The first-order chi connectivity index (χ1) is 12.2. The van der Waals surface area contributed by atoms with Gasteiger partial charge in [-0.3, -0.25) is 9.78 Å². The minimum Gasteiger partial charge on any atom is -0.496 e. The third kappa shape index (κ3) is 4.20. The molecule has 1 heterocycles. The lowest BCUT2D eigenvalue weighted by Crippen LogP contribution is -2.13. The summed E-state index contributed by atoms with van der Waals surface area (Å²) in [7, 11) is 1.44. The molecule has 1 aromatic heterocycles. The number of benzene rings is 2. The van der Waals surface area contributed by atoms with E-state index < -0.39 is 11.7 Å². The van der Waals surface area contributed by atoms with Gasteiger partial charge in [0, 0.05) is 18.1 Å². The van der Waals surface area contributed by atoms with Crippen molar-refractivity contribution in [2.45, 2.75) is 6.42 Å². The van der Waals surface area contributed by atoms with Gasteiger partial charge in [-0.15, -0.1) is 0 Å². The zero-order valence-corrected chi connectivity index (χ0v) is 13.7. The zero-order valence-electron chi connectivity index (χ0n) is 13.7. The molecule has 1 amide bonds. The summed E-state index contributed by atoms with van der Waals surface area (Å²) in [5.41, 5.74) is 3.07. The molecule has 126 valence electrons. The molecule has 0 aliphatic heterocycles. The van der Waals surface area contributed by atoms with Crippen LogP contribution in [-0.4, -0.2) is 18.0 Å². The van der Waals surface area contributed by atoms with Gasteiger partial charge in [-0.2, -0.15) is 0 Å². The Morgan fingerprint density at radius 2 is 1.72 bits per heavy atom. The van der Waals surface area contributed by atoms with Crippen LogP contribution in [0.2, 0.25) is 0 Å². The number of rotatable bonds is 5. The van der Waals surface area contributed by atoms with E-state index in [9.17, 15) is 9.18 Å². The van der Waals surface area contributed by atoms with Gasteiger partial charge in [0.05, 0.1) is 12.7 Å². The number of carbonyl (C=O) groups excluding carboxylic acids is 1. The number of halogens is 1. The number of anilines is 1. The molecule has 0 saturated heterocycles. The Morgan fingerprint density at radius 3 is 2.40 bits per heavy atom. The summed E-state index contributed by atoms with van der Waals surface area (Å²) in [4.78, 5) is 16.4. The Balaban J connectivity index is 1.71. The fourth-order valence-electron chi connectivity index (χ4n) is 2.50. The molecule has 0 radical (unpaired) electrons. The van der Waals surface area contributed by atoms with Crippen LogP contribution in [0.4, 0.5) is 10.1 Å². The maximum Gasteiger partial charge on any atom is 0.259 e. The van der Waals surface area contributed by atoms with Crippen molar-refractivity contribution < 1.29 is 13.9 Å². The molecule has 0 aliphatic rings. The summed E-state index contributed by atoms with van der Waals surface area (Å²) < 4.78 is 18.5. The smallest absolute Gasteiger partial charge is 0.259 e. The van der Waals surface area contributed by atoms with Crippen molar-refractivity contribution in [3.05, 3.63) is 89.5 Å². The van der Waals surface area contributed by atoms with Crippen LogP contribution in [0.15, 0.2) is 67.0 Å². The van der Waals surface area contributed by atoms with Crippen LogP contribution >= 0.6 is 0 Å². The van der Waals surface area contributed by atoms with Crippen LogP contribution in [0.25, 0.3) is 0 Å². The van der Waals surface area contributed by atoms with Gasteiger partial charge in [0.2, 0.25) is 0 Å². The number of hydrogen-bond donors (Lipinski definition) is 1. The van der Waals surface area contributed by atoms with E-state index in [2.05, 4.69) is 10.3 Å². The molecule has 5 heteroatoms. The molecule has 0 fully saturated rings. The number of ether oxygens (including phenoxy) is 1. The first-order valence-corrected chi connectivity index (χ1v) is 7.78. The molecule has 0 atom stereocenters. The molecule has 0 saturated carbocycles. The van der Waals surface area contributed by atoms with Gasteiger partial charge in [-0.05, 0) is 60.0 Å². The Morgan fingerprint density at radius 1 is 1.04 bits per heavy atom. The normalized spacial score (nSPS) is 10.3. The highest BCUT2D eigenvalue weighted by molar-refractivity contribution is 6.06. The second-order valence-electron chi connectivity index (χ2n) is 5.53. The molecule has 0 bridgehead atoms. The maximum absolute atomic E-state index is 13.4. The quantitative estimate of drug-likeness (QED) is 0.764. The third-order valence-corrected chi connectivity index (χ3v) is 3.78. The lowest BCUT2D eigenvalue weighted by atomic mass is 10.1. The van der Waals surface area contributed by atoms with Crippen molar-refractivity contribution in [1.82, 2.24) is 4.98 Å². The molecular formula is C20H17FN2O2. The van der Waals surface area contributed by atoms with Gasteiger partial charge in [-0.25, -0.2) is 4.39 Å². The summed E-state index contributed by atoms with van der Waals surface area (Å²) in [6.07, 6.45) is 4.31. The molecule has 0 unspecified atom stereocenters. The summed E-state index contributed by atoms with van der Waals surface area (Å²) in [6.45, 7) is 0. The Labute approximate surface area is 145 Å². The van der Waals surface area contributed by atoms with Crippen LogP contribution in [0.1, 0.15) is 21.5 Å². The van der Waals surface area contributed by atoms with Gasteiger partial charge in [0.25, 0.3) is 5.91 Å². The molecule has 3 aromatic rings. The van der Waals surface area contributed by atoms with Crippen molar-refractivity contribution in [3.63, 3.8) is 0 Å². The monoisotopic (exact) mass is 336 g/mol. The number of hydrogen-bond acceptors (Lipinski definition) is 3. The van der Waals surface area contributed by atoms with E-state index in [1.165, 1.54) is 19.2 Å². The van der Waals surface area contributed by atoms with E-state index in [-0.39, 0.29) is 5.56 Å². The van der Waals surface area contributed by atoms with Crippen molar-refractivity contribution >= 4 is 11.6 Å². The summed E-state index contributed by atoms with van der Waals surface area (Å²) >= 11 is 0. The van der Waals surface area contributed by atoms with Gasteiger partial charge < -0.3 is 10.1 Å². The second-order valence-corrected chi connectivity index (χ2v) is 5.53. The SMILES string of the molecule is COc1ccc(F)cc1C(=O)Nc1ccc(Cc2ccncc2)cc1. The average molecular weight is 336 g/mol. The largest absolute Gasteiger partial charge is 0.496 e. The molecule has 2 aromatic carbocycles. The maximum atomic E-state index is 13.4. The molecular weight excluding hydrogens is 319 g/mol. The topological polar surface area (TPSA) is 51.2 Å². The summed E-state index contributed by atoms with van der Waals surface area (Å²) in [5, 5.41) is 2.76. The number of amides is 1. The van der Waals surface area contributed by atoms with Gasteiger partial charge >= 0.3 is 0 Å². The molecule has 1 N–H and O–H groups in total. The fraction of sp³-hybridized carbons (Fsp3) is 0.100. The predicted octanol–water partition coefficient (Wildman–Crippen LogP) is 4.07. The Bertz CT molecular complexity index is 865. The minimum absolute atomic E-state index is 0.156. The zero-order chi connectivity index (χ0) is 17.6. The lowest BCUT2D eigenvalue weighted by molar-refractivity contribution is 0.102. The number of pyridine rings is 1. The number of aromatic nitrogens is 1. The van der Waals surface area contributed by atoms with E-state index in [1.54, 1.807) is 12.4 Å². The van der Waals surface area contributed by atoms with Crippen LogP contribution < -0.4 is 10.1 Å². The van der Waals surface area contributed by atoms with E-state index in [1.807, 2.05) is 36.4 Å². The van der Waals surface area contributed by atoms with E-state index in [4.69, 9.17) is 4.74 Å². The average Bonchev–Trinajstić information content (AvgIpc) is 2.64. The number of nitrogens with one attached hydrogen (secondary N) is 1. The number of nitrogens with zero attached hydrogens (tertiary/aromatic N) is 1. The second kappa shape index (κ2) is 7.57. The Hall–Kier alpha value is -3.21. The first-order valence-electron chi connectivity index (χ1n) is 7.78. The van der Waals surface area contributed by atoms with Crippen LogP contribution in [0.5, 0.6) is 5.75 Å². The van der Waals surface area contributed by atoms with Gasteiger partial charge in [0.15, 0.2) is 0 Å². The highest BCUT2D eigenvalue weighted by Gasteiger charge is 2.13. The molecule has 3 rings (SSSR count). The van der Waals surface area contributed by atoms with E-state index in [0.29, 0.717) is 11.4 Å². The standard InChI is InChI=1S/C20H17FN2O2/c1-25-19-7-4-16(21)13-18(19)20(24)23-17-5-2-14(3-6-17)12-15-8-10-22-11-9-15/h2-11,13H,12H2,1H3,(H,23,24). The van der Waals surface area contributed by atoms with Crippen molar-refractivity contribution in [2.24, 2.45) is 0 Å². The minimum atomic E-state index is -0.487. The third-order valence-electron chi connectivity index (χ3n) is 3.78. The van der Waals surface area contributed by atoms with Gasteiger partial charge in [-0.1, -0.05) is 12.1 Å². The summed E-state index contributed by atoms with van der Waals surface area (Å²) in [5.74, 6) is -0.579. The fourth-order valence-corrected chi connectivity index (χ4v) is 2.50. The molecule has 25 heavy (non-hydrogen) atoms. The van der Waals surface area contributed by atoms with Crippen LogP contribution in [-0.2, 0) is 6.42 Å². The summed E-state index contributed by atoms with van der Waals surface area (Å²) in [6, 6.07) is 15.3. The van der Waals surface area contributed by atoms with Crippen LogP contribution in [0.3, 0.4) is 0 Å². The number of carbonyl (C=O) groups is 1. The lowest BCUT2D eigenvalue weighted by Gasteiger charge is -2.10. The molecule has 0 aliphatic carbocycles. The highest BCUT2D eigenvalue weighted by atomic mass is 19.1. The molecule has 4 nitrogen and oxygen atoms in total. The Kier molecular flexibility index (Phi) is 5.04. The first kappa shape index (κ1) is 16.6. The molecule has 0 spiro atoms.